The maximum Gasteiger partial charge on any atom is 0.124 e. The summed E-state index contributed by atoms with van der Waals surface area (Å²) in [5.74, 6) is 0.462. The van der Waals surface area contributed by atoms with Gasteiger partial charge in [0.15, 0.2) is 0 Å². The number of nitrogens with two attached hydrogens (primary N) is 1. The first kappa shape index (κ1) is 9.46. The molecule has 0 heterocycles. The number of benzene rings is 1. The van der Waals surface area contributed by atoms with Crippen molar-refractivity contribution in [1.82, 2.24) is 0 Å². The second kappa shape index (κ2) is 3.58. The molecule has 0 amide bonds. The van der Waals surface area contributed by atoms with Crippen molar-refractivity contribution in [3.05, 3.63) is 29.6 Å². The van der Waals surface area contributed by atoms with Crippen molar-refractivity contribution in [3.63, 3.8) is 0 Å². The van der Waals surface area contributed by atoms with Crippen LogP contribution < -0.4 is 10.5 Å². The smallest absolute Gasteiger partial charge is 0.124 e. The van der Waals surface area contributed by atoms with Gasteiger partial charge in [-0.05, 0) is 38.0 Å². The molecule has 0 saturated heterocycles. The number of hydrogen-bond donors (Lipinski definition) is 1. The molecule has 0 spiro atoms. The van der Waals surface area contributed by atoms with Crippen LogP contribution in [0.5, 0.6) is 5.75 Å². The molecule has 1 aromatic rings. The Kier molecular flexibility index (Phi) is 2.42. The third kappa shape index (κ3) is 2.04. The van der Waals surface area contributed by atoms with Gasteiger partial charge < -0.3 is 10.5 Å². The molecule has 0 aromatic heterocycles. The van der Waals surface area contributed by atoms with Crippen LogP contribution in [0.25, 0.3) is 0 Å². The number of ether oxygens (including phenoxy) is 1. The Bertz CT molecular complexity index is 334. The maximum atomic E-state index is 12.9. The van der Waals surface area contributed by atoms with E-state index in [9.17, 15) is 4.39 Å². The molecule has 76 valence electrons. The van der Waals surface area contributed by atoms with E-state index < -0.39 is 0 Å². The summed E-state index contributed by atoms with van der Waals surface area (Å²) in [5.41, 5.74) is 6.48. The summed E-state index contributed by atoms with van der Waals surface area (Å²) in [6.45, 7) is 1.83. The molecule has 0 unspecified atom stereocenters. The fourth-order valence-electron chi connectivity index (χ4n) is 1.35. The topological polar surface area (TPSA) is 35.2 Å². The van der Waals surface area contributed by atoms with Crippen molar-refractivity contribution in [2.75, 3.05) is 0 Å². The highest BCUT2D eigenvalue weighted by Gasteiger charge is 2.25. The Morgan fingerprint density at radius 2 is 2.21 bits per heavy atom. The molecule has 2 N–H and O–H groups in total. The van der Waals surface area contributed by atoms with Gasteiger partial charge in [-0.2, -0.15) is 0 Å². The standard InChI is InChI=1S/C11H14FNO/c1-7(13)10-6-8(12)2-5-11(10)14-9-3-4-9/h2,5-7,9H,3-4,13H2,1H3/t7-/m0/s1. The predicted octanol–water partition coefficient (Wildman–Crippen LogP) is 2.39. The molecule has 1 saturated carbocycles. The SMILES string of the molecule is C[C@H](N)c1cc(F)ccc1OC1CC1. The Morgan fingerprint density at radius 3 is 2.79 bits per heavy atom. The van der Waals surface area contributed by atoms with Crippen molar-refractivity contribution in [3.8, 4) is 5.75 Å². The van der Waals surface area contributed by atoms with Crippen LogP contribution in [0.4, 0.5) is 4.39 Å². The largest absolute Gasteiger partial charge is 0.490 e. The third-order valence-corrected chi connectivity index (χ3v) is 2.28. The summed E-state index contributed by atoms with van der Waals surface area (Å²) in [6.07, 6.45) is 2.50. The lowest BCUT2D eigenvalue weighted by Crippen LogP contribution is -2.09. The molecular formula is C11H14FNO. The van der Waals surface area contributed by atoms with Crippen LogP contribution in [0, 0.1) is 5.82 Å². The summed E-state index contributed by atoms with van der Waals surface area (Å²) in [4.78, 5) is 0. The molecule has 0 radical (unpaired) electrons. The molecular weight excluding hydrogens is 181 g/mol. The van der Waals surface area contributed by atoms with Crippen LogP contribution in [0.2, 0.25) is 0 Å². The molecule has 2 nitrogen and oxygen atoms in total. The highest BCUT2D eigenvalue weighted by Crippen LogP contribution is 2.31. The van der Waals surface area contributed by atoms with E-state index >= 15 is 0 Å². The number of hydrogen-bond acceptors (Lipinski definition) is 2. The van der Waals surface area contributed by atoms with E-state index in [0.717, 1.165) is 24.2 Å². The Balaban J connectivity index is 2.26. The maximum absolute atomic E-state index is 12.9. The Labute approximate surface area is 82.9 Å². The fourth-order valence-corrected chi connectivity index (χ4v) is 1.35. The van der Waals surface area contributed by atoms with E-state index in [-0.39, 0.29) is 11.9 Å². The monoisotopic (exact) mass is 195 g/mol. The van der Waals surface area contributed by atoms with Crippen LogP contribution in [-0.4, -0.2) is 6.10 Å². The van der Waals surface area contributed by atoms with E-state index in [0.29, 0.717) is 6.10 Å². The molecule has 3 heteroatoms. The second-order valence-electron chi connectivity index (χ2n) is 3.79. The Morgan fingerprint density at radius 1 is 1.50 bits per heavy atom. The van der Waals surface area contributed by atoms with Crippen molar-refractivity contribution in [2.24, 2.45) is 5.73 Å². The van der Waals surface area contributed by atoms with Gasteiger partial charge in [0.25, 0.3) is 0 Å². The molecule has 1 aromatic carbocycles. The first-order valence-electron chi connectivity index (χ1n) is 4.88. The van der Waals surface area contributed by atoms with Gasteiger partial charge in [0.2, 0.25) is 0 Å². The molecule has 1 aliphatic rings. The van der Waals surface area contributed by atoms with Gasteiger partial charge in [0.1, 0.15) is 11.6 Å². The van der Waals surface area contributed by atoms with Crippen LogP contribution in [0.15, 0.2) is 18.2 Å². The highest BCUT2D eigenvalue weighted by molar-refractivity contribution is 5.36. The minimum atomic E-state index is -0.263. The lowest BCUT2D eigenvalue weighted by atomic mass is 10.1. The molecule has 0 aliphatic heterocycles. The van der Waals surface area contributed by atoms with E-state index in [2.05, 4.69) is 0 Å². The quantitative estimate of drug-likeness (QED) is 0.803. The van der Waals surface area contributed by atoms with Gasteiger partial charge in [-0.1, -0.05) is 0 Å². The average molecular weight is 195 g/mol. The lowest BCUT2D eigenvalue weighted by molar-refractivity contribution is 0.298. The van der Waals surface area contributed by atoms with Crippen LogP contribution >= 0.6 is 0 Å². The minimum Gasteiger partial charge on any atom is -0.490 e. The van der Waals surface area contributed by atoms with Crippen LogP contribution in [0.3, 0.4) is 0 Å². The van der Waals surface area contributed by atoms with E-state index in [1.54, 1.807) is 6.07 Å². The van der Waals surface area contributed by atoms with E-state index in [4.69, 9.17) is 10.5 Å². The average Bonchev–Trinajstić information content (AvgIpc) is 2.91. The summed E-state index contributed by atoms with van der Waals surface area (Å²) in [6, 6.07) is 4.32. The summed E-state index contributed by atoms with van der Waals surface area (Å²) < 4.78 is 18.6. The molecule has 0 bridgehead atoms. The zero-order valence-corrected chi connectivity index (χ0v) is 8.16. The van der Waals surface area contributed by atoms with Gasteiger partial charge in [-0.25, -0.2) is 4.39 Å². The summed E-state index contributed by atoms with van der Waals surface area (Å²) in [5, 5.41) is 0. The van der Waals surface area contributed by atoms with Crippen LogP contribution in [-0.2, 0) is 0 Å². The fraction of sp³-hybridized carbons (Fsp3) is 0.455. The van der Waals surface area contributed by atoms with Gasteiger partial charge in [-0.3, -0.25) is 0 Å². The number of halogens is 1. The van der Waals surface area contributed by atoms with Crippen molar-refractivity contribution in [1.29, 1.82) is 0 Å². The summed E-state index contributed by atoms with van der Waals surface area (Å²) in [7, 11) is 0. The lowest BCUT2D eigenvalue weighted by Gasteiger charge is -2.13. The predicted molar refractivity (Wildman–Crippen MR) is 52.7 cm³/mol. The van der Waals surface area contributed by atoms with Crippen molar-refractivity contribution < 1.29 is 9.13 Å². The molecule has 1 fully saturated rings. The highest BCUT2D eigenvalue weighted by atomic mass is 19.1. The Hall–Kier alpha value is -1.09. The third-order valence-electron chi connectivity index (χ3n) is 2.28. The van der Waals surface area contributed by atoms with Crippen molar-refractivity contribution in [2.45, 2.75) is 31.9 Å². The molecule has 2 rings (SSSR count). The molecule has 14 heavy (non-hydrogen) atoms. The van der Waals surface area contributed by atoms with Gasteiger partial charge in [-0.15, -0.1) is 0 Å². The van der Waals surface area contributed by atoms with E-state index in [1.807, 2.05) is 6.92 Å². The van der Waals surface area contributed by atoms with Crippen molar-refractivity contribution >= 4 is 0 Å². The molecule has 1 aliphatic carbocycles. The first-order chi connectivity index (χ1) is 6.66. The van der Waals surface area contributed by atoms with Gasteiger partial charge >= 0.3 is 0 Å². The second-order valence-corrected chi connectivity index (χ2v) is 3.79. The van der Waals surface area contributed by atoms with Gasteiger partial charge in [0.05, 0.1) is 6.10 Å². The number of rotatable bonds is 3. The zero-order chi connectivity index (χ0) is 10.1. The van der Waals surface area contributed by atoms with Gasteiger partial charge in [0, 0.05) is 11.6 Å². The first-order valence-corrected chi connectivity index (χ1v) is 4.88. The molecule has 1 atom stereocenters. The zero-order valence-electron chi connectivity index (χ0n) is 8.16. The normalized spacial score (nSPS) is 17.9. The van der Waals surface area contributed by atoms with Crippen LogP contribution in [0.1, 0.15) is 31.4 Å². The van der Waals surface area contributed by atoms with E-state index in [1.165, 1.54) is 12.1 Å². The summed E-state index contributed by atoms with van der Waals surface area (Å²) >= 11 is 0. The minimum absolute atomic E-state index is 0.195.